The van der Waals surface area contributed by atoms with Gasteiger partial charge in [0.1, 0.15) is 18.1 Å². The molecule has 3 heteroatoms. The summed E-state index contributed by atoms with van der Waals surface area (Å²) in [5.41, 5.74) is 2.35. The number of hydrogen-bond donors (Lipinski definition) is 1. The summed E-state index contributed by atoms with van der Waals surface area (Å²) >= 11 is 0. The Morgan fingerprint density at radius 2 is 1.90 bits per heavy atom. The Kier molecular flexibility index (Phi) is 4.41. The van der Waals surface area contributed by atoms with E-state index < -0.39 is 0 Å². The molecular formula is C18H21NO2. The summed E-state index contributed by atoms with van der Waals surface area (Å²) in [7, 11) is 1.70. The van der Waals surface area contributed by atoms with Crippen LogP contribution in [0.25, 0.3) is 0 Å². The van der Waals surface area contributed by atoms with Crippen molar-refractivity contribution in [3.05, 3.63) is 59.7 Å². The van der Waals surface area contributed by atoms with Gasteiger partial charge < -0.3 is 14.8 Å². The average molecular weight is 283 g/mol. The third-order valence-electron chi connectivity index (χ3n) is 3.65. The minimum Gasteiger partial charge on any atom is -0.496 e. The molecule has 0 spiro atoms. The molecule has 0 unspecified atom stereocenters. The summed E-state index contributed by atoms with van der Waals surface area (Å²) in [5.74, 6) is 1.75. The van der Waals surface area contributed by atoms with E-state index in [1.807, 2.05) is 36.4 Å². The van der Waals surface area contributed by atoms with Crippen molar-refractivity contribution in [2.24, 2.45) is 0 Å². The lowest BCUT2D eigenvalue weighted by molar-refractivity contribution is 0.296. The van der Waals surface area contributed by atoms with E-state index in [2.05, 4.69) is 17.4 Å². The van der Waals surface area contributed by atoms with Crippen molar-refractivity contribution in [1.29, 1.82) is 0 Å². The van der Waals surface area contributed by atoms with Crippen LogP contribution in [0.3, 0.4) is 0 Å². The van der Waals surface area contributed by atoms with Crippen LogP contribution in [0.15, 0.2) is 48.5 Å². The van der Waals surface area contributed by atoms with Crippen molar-refractivity contribution in [3.63, 3.8) is 0 Å². The maximum absolute atomic E-state index is 5.83. The van der Waals surface area contributed by atoms with Gasteiger partial charge in [0.15, 0.2) is 0 Å². The van der Waals surface area contributed by atoms with Crippen molar-refractivity contribution in [2.45, 2.75) is 32.0 Å². The van der Waals surface area contributed by atoms with Crippen LogP contribution >= 0.6 is 0 Å². The van der Waals surface area contributed by atoms with Gasteiger partial charge in [-0.15, -0.1) is 0 Å². The largest absolute Gasteiger partial charge is 0.496 e. The van der Waals surface area contributed by atoms with E-state index in [1.165, 1.54) is 18.4 Å². The molecule has 1 aliphatic carbocycles. The van der Waals surface area contributed by atoms with Gasteiger partial charge in [-0.05, 0) is 42.7 Å². The topological polar surface area (TPSA) is 30.5 Å². The second kappa shape index (κ2) is 6.64. The number of hydrogen-bond acceptors (Lipinski definition) is 3. The summed E-state index contributed by atoms with van der Waals surface area (Å²) in [4.78, 5) is 0. The Hall–Kier alpha value is -2.00. The van der Waals surface area contributed by atoms with E-state index in [4.69, 9.17) is 9.47 Å². The van der Waals surface area contributed by atoms with Gasteiger partial charge in [-0.1, -0.05) is 24.3 Å². The molecule has 1 aliphatic rings. The fourth-order valence-electron chi connectivity index (χ4n) is 2.28. The first-order valence-corrected chi connectivity index (χ1v) is 7.42. The van der Waals surface area contributed by atoms with Crippen LogP contribution in [0.1, 0.15) is 24.0 Å². The third kappa shape index (κ3) is 3.99. The minimum absolute atomic E-state index is 0.518. The second-order valence-corrected chi connectivity index (χ2v) is 5.40. The van der Waals surface area contributed by atoms with Gasteiger partial charge in [0.05, 0.1) is 7.11 Å². The smallest absolute Gasteiger partial charge is 0.125 e. The minimum atomic E-state index is 0.518. The van der Waals surface area contributed by atoms with E-state index in [1.54, 1.807) is 7.11 Å². The molecule has 21 heavy (non-hydrogen) atoms. The van der Waals surface area contributed by atoms with Gasteiger partial charge in [0.2, 0.25) is 0 Å². The van der Waals surface area contributed by atoms with Gasteiger partial charge >= 0.3 is 0 Å². The molecule has 0 amide bonds. The molecule has 3 rings (SSSR count). The Morgan fingerprint density at radius 3 is 2.62 bits per heavy atom. The van der Waals surface area contributed by atoms with Crippen LogP contribution in [-0.4, -0.2) is 13.2 Å². The molecule has 1 N–H and O–H groups in total. The average Bonchev–Trinajstić information content (AvgIpc) is 3.36. The Balaban J connectivity index is 1.67. The predicted octanol–water partition coefficient (Wildman–Crippen LogP) is 3.53. The molecule has 2 aromatic carbocycles. The molecule has 0 bridgehead atoms. The highest BCUT2D eigenvalue weighted by Gasteiger charge is 2.20. The lowest BCUT2D eigenvalue weighted by Crippen LogP contribution is -2.15. The summed E-state index contributed by atoms with van der Waals surface area (Å²) in [6.45, 7) is 1.43. The molecule has 2 aromatic rings. The highest BCUT2D eigenvalue weighted by Crippen LogP contribution is 2.23. The molecule has 3 nitrogen and oxygen atoms in total. The highest BCUT2D eigenvalue weighted by molar-refractivity contribution is 5.37. The molecule has 1 saturated carbocycles. The summed E-state index contributed by atoms with van der Waals surface area (Å²) in [6, 6.07) is 16.9. The Bertz CT molecular complexity index is 579. The zero-order chi connectivity index (χ0) is 14.5. The number of para-hydroxylation sites is 1. The molecule has 0 radical (unpaired) electrons. The van der Waals surface area contributed by atoms with Crippen LogP contribution < -0.4 is 14.8 Å². The standard InChI is InChI=1S/C18H21NO2/c1-20-18-10-7-14(12-19-16-8-9-16)11-15(18)13-21-17-5-3-2-4-6-17/h2-7,10-11,16,19H,8-9,12-13H2,1H3. The third-order valence-corrected chi connectivity index (χ3v) is 3.65. The van der Waals surface area contributed by atoms with Gasteiger partial charge in [0.25, 0.3) is 0 Å². The van der Waals surface area contributed by atoms with E-state index in [0.29, 0.717) is 6.61 Å². The molecule has 0 atom stereocenters. The van der Waals surface area contributed by atoms with Gasteiger partial charge in [-0.2, -0.15) is 0 Å². The van der Waals surface area contributed by atoms with Crippen LogP contribution in [0.5, 0.6) is 11.5 Å². The Morgan fingerprint density at radius 1 is 1.10 bits per heavy atom. The summed E-state index contributed by atoms with van der Waals surface area (Å²) < 4.78 is 11.3. The van der Waals surface area contributed by atoms with Crippen molar-refractivity contribution in [3.8, 4) is 11.5 Å². The first-order valence-electron chi connectivity index (χ1n) is 7.42. The zero-order valence-corrected chi connectivity index (χ0v) is 12.3. The number of benzene rings is 2. The molecule has 1 fully saturated rings. The van der Waals surface area contributed by atoms with E-state index in [-0.39, 0.29) is 0 Å². The lowest BCUT2D eigenvalue weighted by atomic mass is 10.1. The van der Waals surface area contributed by atoms with Gasteiger partial charge in [-0.25, -0.2) is 0 Å². The SMILES string of the molecule is COc1ccc(CNC2CC2)cc1COc1ccccc1. The van der Waals surface area contributed by atoms with Crippen molar-refractivity contribution in [1.82, 2.24) is 5.32 Å². The molecule has 0 saturated heterocycles. The lowest BCUT2D eigenvalue weighted by Gasteiger charge is -2.12. The highest BCUT2D eigenvalue weighted by atomic mass is 16.5. The normalized spacial score (nSPS) is 14.0. The fraction of sp³-hybridized carbons (Fsp3) is 0.333. The number of rotatable bonds is 7. The molecule has 0 aliphatic heterocycles. The molecule has 0 heterocycles. The molecular weight excluding hydrogens is 262 g/mol. The van der Waals surface area contributed by atoms with E-state index >= 15 is 0 Å². The maximum Gasteiger partial charge on any atom is 0.125 e. The number of nitrogens with one attached hydrogen (secondary N) is 1. The number of methoxy groups -OCH3 is 1. The van der Waals surface area contributed by atoms with E-state index in [0.717, 1.165) is 29.6 Å². The second-order valence-electron chi connectivity index (χ2n) is 5.40. The molecule has 0 aromatic heterocycles. The molecule has 110 valence electrons. The maximum atomic E-state index is 5.83. The van der Waals surface area contributed by atoms with Crippen LogP contribution in [0, 0.1) is 0 Å². The van der Waals surface area contributed by atoms with Crippen LogP contribution in [-0.2, 0) is 13.2 Å². The number of ether oxygens (including phenoxy) is 2. The van der Waals surface area contributed by atoms with Crippen molar-refractivity contribution < 1.29 is 9.47 Å². The van der Waals surface area contributed by atoms with Gasteiger partial charge in [0, 0.05) is 18.2 Å². The van der Waals surface area contributed by atoms with E-state index in [9.17, 15) is 0 Å². The van der Waals surface area contributed by atoms with Gasteiger partial charge in [-0.3, -0.25) is 0 Å². The van der Waals surface area contributed by atoms with Crippen molar-refractivity contribution in [2.75, 3.05) is 7.11 Å². The van der Waals surface area contributed by atoms with Crippen LogP contribution in [0.2, 0.25) is 0 Å². The zero-order valence-electron chi connectivity index (χ0n) is 12.3. The van der Waals surface area contributed by atoms with Crippen molar-refractivity contribution >= 4 is 0 Å². The summed E-state index contributed by atoms with van der Waals surface area (Å²) in [5, 5.41) is 3.53. The quantitative estimate of drug-likeness (QED) is 0.843. The fourth-order valence-corrected chi connectivity index (χ4v) is 2.28. The summed E-state index contributed by atoms with van der Waals surface area (Å²) in [6.07, 6.45) is 2.61. The predicted molar refractivity (Wildman–Crippen MR) is 83.6 cm³/mol. The first-order chi connectivity index (χ1) is 10.3. The first kappa shape index (κ1) is 14.0. The van der Waals surface area contributed by atoms with Crippen LogP contribution in [0.4, 0.5) is 0 Å². The Labute approximate surface area is 125 Å². The monoisotopic (exact) mass is 283 g/mol.